The van der Waals surface area contributed by atoms with Gasteiger partial charge in [0.2, 0.25) is 0 Å². The fourth-order valence-electron chi connectivity index (χ4n) is 2.33. The molecule has 1 N–H and O–H groups in total. The minimum absolute atomic E-state index is 0.0450. The van der Waals surface area contributed by atoms with Crippen LogP contribution in [0.3, 0.4) is 0 Å². The summed E-state index contributed by atoms with van der Waals surface area (Å²) in [7, 11) is 0. The van der Waals surface area contributed by atoms with E-state index in [0.717, 1.165) is 19.4 Å². The van der Waals surface area contributed by atoms with Crippen molar-refractivity contribution in [3.05, 3.63) is 35.1 Å². The summed E-state index contributed by atoms with van der Waals surface area (Å²) >= 11 is 0. The zero-order valence-electron chi connectivity index (χ0n) is 10.3. The molecule has 1 heterocycles. The third kappa shape index (κ3) is 2.39. The quantitative estimate of drug-likeness (QED) is 0.798. The van der Waals surface area contributed by atoms with Crippen molar-refractivity contribution in [2.45, 2.75) is 26.7 Å². The van der Waals surface area contributed by atoms with Gasteiger partial charge >= 0.3 is 0 Å². The summed E-state index contributed by atoms with van der Waals surface area (Å²) in [4.78, 5) is 12.4. The predicted molar refractivity (Wildman–Crippen MR) is 65.7 cm³/mol. The molecular weight excluding hydrogens is 217 g/mol. The standard InChI is InChI=1S/C14H18FNO/c1-10-4-5-11(8-12(10)15)13(17)14(2)6-3-7-16-9-14/h4-5,8,16H,3,6-7,9H2,1-2H3. The van der Waals surface area contributed by atoms with Crippen LogP contribution in [0.25, 0.3) is 0 Å². The summed E-state index contributed by atoms with van der Waals surface area (Å²) in [6, 6.07) is 4.75. The van der Waals surface area contributed by atoms with Crippen LogP contribution < -0.4 is 5.32 Å². The maximum absolute atomic E-state index is 13.5. The fraction of sp³-hybridized carbons (Fsp3) is 0.500. The third-order valence-corrected chi connectivity index (χ3v) is 3.58. The number of ketones is 1. The summed E-state index contributed by atoms with van der Waals surface area (Å²) in [5.74, 6) is -0.258. The Morgan fingerprint density at radius 1 is 1.47 bits per heavy atom. The van der Waals surface area contributed by atoms with Crippen molar-refractivity contribution in [2.24, 2.45) is 5.41 Å². The lowest BCUT2D eigenvalue weighted by atomic mass is 9.76. The van der Waals surface area contributed by atoms with E-state index in [4.69, 9.17) is 0 Å². The number of hydrogen-bond acceptors (Lipinski definition) is 2. The van der Waals surface area contributed by atoms with E-state index in [9.17, 15) is 9.18 Å². The van der Waals surface area contributed by atoms with Crippen LogP contribution in [0, 0.1) is 18.2 Å². The van der Waals surface area contributed by atoms with Crippen molar-refractivity contribution in [1.82, 2.24) is 5.32 Å². The molecule has 1 aromatic carbocycles. The Morgan fingerprint density at radius 2 is 2.24 bits per heavy atom. The van der Waals surface area contributed by atoms with E-state index in [1.807, 2.05) is 6.92 Å². The first-order chi connectivity index (χ1) is 8.03. The molecule has 1 unspecified atom stereocenters. The third-order valence-electron chi connectivity index (χ3n) is 3.58. The molecule has 1 atom stereocenters. The highest BCUT2D eigenvalue weighted by molar-refractivity contribution is 6.00. The van der Waals surface area contributed by atoms with Gasteiger partial charge in [-0.1, -0.05) is 19.1 Å². The van der Waals surface area contributed by atoms with E-state index in [1.54, 1.807) is 19.1 Å². The van der Waals surface area contributed by atoms with Gasteiger partial charge in [-0.05, 0) is 37.9 Å². The predicted octanol–water partition coefficient (Wildman–Crippen LogP) is 2.71. The second-order valence-electron chi connectivity index (χ2n) is 5.13. The molecule has 17 heavy (non-hydrogen) atoms. The van der Waals surface area contributed by atoms with Gasteiger partial charge < -0.3 is 5.32 Å². The number of Topliss-reactive ketones (excluding diaryl/α,β-unsaturated/α-hetero) is 1. The molecule has 0 aromatic heterocycles. The van der Waals surface area contributed by atoms with Crippen LogP contribution in [-0.4, -0.2) is 18.9 Å². The highest BCUT2D eigenvalue weighted by atomic mass is 19.1. The molecule has 0 radical (unpaired) electrons. The first kappa shape index (κ1) is 12.2. The monoisotopic (exact) mass is 235 g/mol. The summed E-state index contributed by atoms with van der Waals surface area (Å²) in [6.45, 7) is 5.30. The zero-order chi connectivity index (χ0) is 12.5. The Labute approximate surface area is 101 Å². The van der Waals surface area contributed by atoms with E-state index in [1.165, 1.54) is 6.07 Å². The van der Waals surface area contributed by atoms with Gasteiger partial charge in [0.05, 0.1) is 0 Å². The smallest absolute Gasteiger partial charge is 0.170 e. The fourth-order valence-corrected chi connectivity index (χ4v) is 2.33. The number of carbonyl (C=O) groups is 1. The molecule has 2 rings (SSSR count). The molecule has 0 amide bonds. The van der Waals surface area contributed by atoms with Crippen LogP contribution in [0.5, 0.6) is 0 Å². The maximum Gasteiger partial charge on any atom is 0.170 e. The summed E-state index contributed by atoms with van der Waals surface area (Å²) in [5.41, 5.74) is 0.674. The Bertz CT molecular complexity index is 436. The Kier molecular flexibility index (Phi) is 3.29. The number of carbonyl (C=O) groups excluding carboxylic acids is 1. The second-order valence-corrected chi connectivity index (χ2v) is 5.13. The minimum atomic E-state index is -0.389. The van der Waals surface area contributed by atoms with Crippen molar-refractivity contribution in [1.29, 1.82) is 0 Å². The number of benzene rings is 1. The second kappa shape index (κ2) is 4.57. The highest BCUT2D eigenvalue weighted by Crippen LogP contribution is 2.30. The van der Waals surface area contributed by atoms with Crippen LogP contribution in [0.1, 0.15) is 35.7 Å². The van der Waals surface area contributed by atoms with Crippen LogP contribution in [0.2, 0.25) is 0 Å². The molecule has 0 saturated carbocycles. The molecule has 92 valence electrons. The first-order valence-corrected chi connectivity index (χ1v) is 6.05. The number of nitrogens with one attached hydrogen (secondary N) is 1. The van der Waals surface area contributed by atoms with Gasteiger partial charge in [-0.2, -0.15) is 0 Å². The van der Waals surface area contributed by atoms with Crippen molar-refractivity contribution in [3.8, 4) is 0 Å². The van der Waals surface area contributed by atoms with E-state index in [2.05, 4.69) is 5.32 Å². The summed E-state index contributed by atoms with van der Waals surface area (Å²) in [6.07, 6.45) is 1.87. The normalized spacial score (nSPS) is 24.6. The summed E-state index contributed by atoms with van der Waals surface area (Å²) in [5, 5.41) is 3.24. The molecule has 1 aromatic rings. The average molecular weight is 235 g/mol. The molecular formula is C14H18FNO. The van der Waals surface area contributed by atoms with Crippen molar-refractivity contribution < 1.29 is 9.18 Å². The van der Waals surface area contributed by atoms with Crippen LogP contribution in [0.15, 0.2) is 18.2 Å². The van der Waals surface area contributed by atoms with Gasteiger partial charge in [0.25, 0.3) is 0 Å². The number of hydrogen-bond donors (Lipinski definition) is 1. The van der Waals surface area contributed by atoms with Crippen LogP contribution >= 0.6 is 0 Å². The molecule has 1 fully saturated rings. The Hall–Kier alpha value is -1.22. The number of aryl methyl sites for hydroxylation is 1. The zero-order valence-corrected chi connectivity index (χ0v) is 10.3. The van der Waals surface area contributed by atoms with Crippen molar-refractivity contribution in [2.75, 3.05) is 13.1 Å². The van der Waals surface area contributed by atoms with Crippen LogP contribution in [0.4, 0.5) is 4.39 Å². The lowest BCUT2D eigenvalue weighted by Crippen LogP contribution is -2.43. The molecule has 3 heteroatoms. The van der Waals surface area contributed by atoms with Crippen molar-refractivity contribution in [3.63, 3.8) is 0 Å². The van der Waals surface area contributed by atoms with E-state index in [-0.39, 0.29) is 17.0 Å². The number of halogens is 1. The van der Waals surface area contributed by atoms with Gasteiger partial charge in [-0.15, -0.1) is 0 Å². The molecule has 0 bridgehead atoms. The minimum Gasteiger partial charge on any atom is -0.316 e. The van der Waals surface area contributed by atoms with Gasteiger partial charge in [0.1, 0.15) is 5.82 Å². The molecule has 2 nitrogen and oxygen atoms in total. The van der Waals surface area contributed by atoms with E-state index < -0.39 is 0 Å². The molecule has 1 aliphatic heterocycles. The van der Waals surface area contributed by atoms with Gasteiger partial charge in [-0.25, -0.2) is 4.39 Å². The van der Waals surface area contributed by atoms with E-state index >= 15 is 0 Å². The van der Waals surface area contributed by atoms with Gasteiger partial charge in [-0.3, -0.25) is 4.79 Å². The largest absolute Gasteiger partial charge is 0.316 e. The molecule has 0 spiro atoms. The van der Waals surface area contributed by atoms with E-state index in [0.29, 0.717) is 17.7 Å². The van der Waals surface area contributed by atoms with Crippen LogP contribution in [-0.2, 0) is 0 Å². The Balaban J connectivity index is 2.26. The van der Waals surface area contributed by atoms with Gasteiger partial charge in [0.15, 0.2) is 5.78 Å². The molecule has 1 saturated heterocycles. The average Bonchev–Trinajstić information content (AvgIpc) is 2.33. The van der Waals surface area contributed by atoms with Gasteiger partial charge in [0, 0.05) is 17.5 Å². The Morgan fingerprint density at radius 3 is 2.82 bits per heavy atom. The number of piperidine rings is 1. The lowest BCUT2D eigenvalue weighted by Gasteiger charge is -2.32. The SMILES string of the molecule is Cc1ccc(C(=O)C2(C)CCCNC2)cc1F. The summed E-state index contributed by atoms with van der Waals surface area (Å²) < 4.78 is 13.5. The van der Waals surface area contributed by atoms with Crippen molar-refractivity contribution >= 4 is 5.78 Å². The first-order valence-electron chi connectivity index (χ1n) is 6.05. The lowest BCUT2D eigenvalue weighted by molar-refractivity contribution is 0.0772. The molecule has 0 aliphatic carbocycles. The topological polar surface area (TPSA) is 29.1 Å². The highest BCUT2D eigenvalue weighted by Gasteiger charge is 2.35. The molecule has 1 aliphatic rings. The maximum atomic E-state index is 13.5. The number of rotatable bonds is 2.